The van der Waals surface area contributed by atoms with E-state index in [1.807, 2.05) is 65.7 Å². The Balaban J connectivity index is 1.45. The number of ketones is 1. The van der Waals surface area contributed by atoms with E-state index in [0.717, 1.165) is 47.2 Å². The standard InChI is InChI=1S/C24H21N3O2/c28-17(12-11-16-15-25-20-8-3-1-6-18(16)20)14-22-23-10-5-13-27(23)24(29)19-7-2-4-9-21(19)26-22/h1-4,6-9,11-12,14-15,23,25-26H,5,10,13H2. The molecule has 1 amide bonds. The molecule has 29 heavy (non-hydrogen) atoms. The van der Waals surface area contributed by atoms with Crippen molar-refractivity contribution < 1.29 is 9.59 Å². The van der Waals surface area contributed by atoms with Gasteiger partial charge in [-0.15, -0.1) is 0 Å². The summed E-state index contributed by atoms with van der Waals surface area (Å²) in [7, 11) is 0. The molecule has 1 unspecified atom stereocenters. The van der Waals surface area contributed by atoms with Gasteiger partial charge in [0.15, 0.2) is 5.78 Å². The number of carbonyl (C=O) groups is 2. The first-order chi connectivity index (χ1) is 14.2. The lowest BCUT2D eigenvalue weighted by molar-refractivity contribution is -0.110. The van der Waals surface area contributed by atoms with Gasteiger partial charge in [0, 0.05) is 35.4 Å². The maximum absolute atomic E-state index is 12.9. The van der Waals surface area contributed by atoms with Gasteiger partial charge in [-0.05, 0) is 48.8 Å². The first kappa shape index (κ1) is 17.5. The van der Waals surface area contributed by atoms with E-state index in [9.17, 15) is 9.59 Å². The van der Waals surface area contributed by atoms with Crippen LogP contribution in [0.25, 0.3) is 17.0 Å². The van der Waals surface area contributed by atoms with E-state index in [1.54, 1.807) is 12.2 Å². The largest absolute Gasteiger partial charge is 0.361 e. The van der Waals surface area contributed by atoms with Gasteiger partial charge in [-0.25, -0.2) is 0 Å². The SMILES string of the molecule is O=C(C=Cc1c[nH]c2ccccc12)C=C1Nc2ccccc2C(=O)N2CCCC12. The van der Waals surface area contributed by atoms with Crippen molar-refractivity contribution in [2.45, 2.75) is 18.9 Å². The molecule has 5 heteroatoms. The molecule has 2 aliphatic heterocycles. The fourth-order valence-electron chi connectivity index (χ4n) is 4.24. The number of benzene rings is 2. The first-order valence-electron chi connectivity index (χ1n) is 9.87. The monoisotopic (exact) mass is 383 g/mol. The molecule has 144 valence electrons. The minimum absolute atomic E-state index is 0.0285. The van der Waals surface area contributed by atoms with Gasteiger partial charge in [0.25, 0.3) is 5.91 Å². The molecule has 2 aliphatic rings. The van der Waals surface area contributed by atoms with E-state index < -0.39 is 0 Å². The third kappa shape index (κ3) is 3.14. The summed E-state index contributed by atoms with van der Waals surface area (Å²) in [6, 6.07) is 15.4. The van der Waals surface area contributed by atoms with Crippen molar-refractivity contribution in [3.63, 3.8) is 0 Å². The van der Waals surface area contributed by atoms with Crippen LogP contribution in [0.15, 0.2) is 72.6 Å². The molecule has 0 aliphatic carbocycles. The number of H-pyrrole nitrogens is 1. The molecule has 5 nitrogen and oxygen atoms in total. The maximum Gasteiger partial charge on any atom is 0.256 e. The van der Waals surface area contributed by atoms with Crippen LogP contribution in [0, 0.1) is 0 Å². The Morgan fingerprint density at radius 3 is 2.86 bits per heavy atom. The summed E-state index contributed by atoms with van der Waals surface area (Å²) in [5.41, 5.74) is 4.22. The predicted molar refractivity (Wildman–Crippen MR) is 115 cm³/mol. The summed E-state index contributed by atoms with van der Waals surface area (Å²) in [6.07, 6.45) is 8.75. The van der Waals surface area contributed by atoms with Crippen molar-refractivity contribution in [1.29, 1.82) is 0 Å². The second-order valence-electron chi connectivity index (χ2n) is 7.45. The summed E-state index contributed by atoms with van der Waals surface area (Å²) >= 11 is 0. The van der Waals surface area contributed by atoms with Crippen molar-refractivity contribution in [2.24, 2.45) is 0 Å². The van der Waals surface area contributed by atoms with E-state index in [2.05, 4.69) is 10.3 Å². The molecule has 0 saturated carbocycles. The zero-order chi connectivity index (χ0) is 19.8. The predicted octanol–water partition coefficient (Wildman–Crippen LogP) is 4.36. The average Bonchev–Trinajstić information content (AvgIpc) is 3.37. The normalized spacial score (nSPS) is 20.0. The van der Waals surface area contributed by atoms with Crippen molar-refractivity contribution in [2.75, 3.05) is 11.9 Å². The highest BCUT2D eigenvalue weighted by molar-refractivity contribution is 6.06. The molecule has 2 aromatic carbocycles. The third-order valence-corrected chi connectivity index (χ3v) is 5.66. The molecular formula is C24H21N3O2. The molecule has 1 saturated heterocycles. The van der Waals surface area contributed by atoms with Crippen LogP contribution >= 0.6 is 0 Å². The average molecular weight is 383 g/mol. The van der Waals surface area contributed by atoms with Crippen LogP contribution in [-0.2, 0) is 4.79 Å². The number of para-hydroxylation sites is 2. The number of amides is 1. The van der Waals surface area contributed by atoms with Gasteiger partial charge in [0.2, 0.25) is 0 Å². The lowest BCUT2D eigenvalue weighted by atomic mass is 10.1. The molecule has 1 atom stereocenters. The van der Waals surface area contributed by atoms with Crippen LogP contribution in [0.1, 0.15) is 28.8 Å². The van der Waals surface area contributed by atoms with Gasteiger partial charge < -0.3 is 15.2 Å². The second kappa shape index (κ2) is 7.09. The topological polar surface area (TPSA) is 65.2 Å². The van der Waals surface area contributed by atoms with Crippen LogP contribution < -0.4 is 5.32 Å². The molecular weight excluding hydrogens is 362 g/mol. The van der Waals surface area contributed by atoms with Crippen LogP contribution in [0.2, 0.25) is 0 Å². The number of aromatic amines is 1. The summed E-state index contributed by atoms with van der Waals surface area (Å²) in [4.78, 5) is 30.7. The van der Waals surface area contributed by atoms with Gasteiger partial charge in [-0.3, -0.25) is 9.59 Å². The molecule has 3 heterocycles. The van der Waals surface area contributed by atoms with Gasteiger partial charge in [0.05, 0.1) is 17.3 Å². The van der Waals surface area contributed by atoms with Crippen LogP contribution in [0.3, 0.4) is 0 Å². The second-order valence-corrected chi connectivity index (χ2v) is 7.45. The number of aromatic nitrogens is 1. The number of allylic oxidation sites excluding steroid dienone is 2. The minimum atomic E-state index is -0.100. The van der Waals surface area contributed by atoms with E-state index in [1.165, 1.54) is 0 Å². The molecule has 0 bridgehead atoms. The third-order valence-electron chi connectivity index (χ3n) is 5.66. The van der Waals surface area contributed by atoms with E-state index in [0.29, 0.717) is 5.56 Å². The van der Waals surface area contributed by atoms with Crippen LogP contribution in [0.5, 0.6) is 0 Å². The molecule has 1 aromatic heterocycles. The summed E-state index contributed by atoms with van der Waals surface area (Å²) in [5.74, 6) is -0.0720. The smallest absolute Gasteiger partial charge is 0.256 e. The number of nitrogens with zero attached hydrogens (tertiary/aromatic N) is 1. The fraction of sp³-hybridized carbons (Fsp3) is 0.167. The quantitative estimate of drug-likeness (QED) is 0.661. The first-order valence-corrected chi connectivity index (χ1v) is 9.87. The zero-order valence-corrected chi connectivity index (χ0v) is 15.9. The summed E-state index contributed by atoms with van der Waals surface area (Å²) in [5, 5.41) is 4.43. The highest BCUT2D eigenvalue weighted by Crippen LogP contribution is 2.32. The van der Waals surface area contributed by atoms with E-state index in [4.69, 9.17) is 0 Å². The molecule has 2 N–H and O–H groups in total. The lowest BCUT2D eigenvalue weighted by Gasteiger charge is -2.23. The highest BCUT2D eigenvalue weighted by atomic mass is 16.2. The van der Waals surface area contributed by atoms with Gasteiger partial charge in [-0.1, -0.05) is 30.3 Å². The Bertz CT molecular complexity index is 1170. The number of hydrogen-bond donors (Lipinski definition) is 2. The molecule has 3 aromatic rings. The highest BCUT2D eigenvalue weighted by Gasteiger charge is 2.36. The Morgan fingerprint density at radius 2 is 1.93 bits per heavy atom. The van der Waals surface area contributed by atoms with Gasteiger partial charge >= 0.3 is 0 Å². The summed E-state index contributed by atoms with van der Waals surface area (Å²) < 4.78 is 0. The van der Waals surface area contributed by atoms with E-state index >= 15 is 0 Å². The molecule has 5 rings (SSSR count). The van der Waals surface area contributed by atoms with Crippen LogP contribution in [-0.4, -0.2) is 34.2 Å². The van der Waals surface area contributed by atoms with E-state index in [-0.39, 0.29) is 17.7 Å². The number of rotatable bonds is 3. The Labute approximate surface area is 168 Å². The number of fused-ring (bicyclic) bond motifs is 3. The van der Waals surface area contributed by atoms with Gasteiger partial charge in [-0.2, -0.15) is 0 Å². The lowest BCUT2D eigenvalue weighted by Crippen LogP contribution is -2.36. The van der Waals surface area contributed by atoms with Gasteiger partial charge in [0.1, 0.15) is 0 Å². The van der Waals surface area contributed by atoms with Crippen molar-refractivity contribution in [3.8, 4) is 0 Å². The van der Waals surface area contributed by atoms with Crippen molar-refractivity contribution in [1.82, 2.24) is 9.88 Å². The Kier molecular flexibility index (Phi) is 4.28. The minimum Gasteiger partial charge on any atom is -0.361 e. The Morgan fingerprint density at radius 1 is 1.10 bits per heavy atom. The Hall–Kier alpha value is -3.60. The fourth-order valence-corrected chi connectivity index (χ4v) is 4.24. The molecule has 0 spiro atoms. The van der Waals surface area contributed by atoms with Crippen molar-refractivity contribution >= 4 is 34.4 Å². The van der Waals surface area contributed by atoms with Crippen molar-refractivity contribution in [3.05, 3.63) is 83.7 Å². The number of anilines is 1. The number of carbonyl (C=O) groups excluding carboxylic acids is 2. The number of hydrogen-bond acceptors (Lipinski definition) is 3. The molecule has 0 radical (unpaired) electrons. The molecule has 1 fully saturated rings. The maximum atomic E-state index is 12.9. The van der Waals surface area contributed by atoms with Crippen LogP contribution in [0.4, 0.5) is 5.69 Å². The zero-order valence-electron chi connectivity index (χ0n) is 15.9. The summed E-state index contributed by atoms with van der Waals surface area (Å²) in [6.45, 7) is 0.718. The number of nitrogens with one attached hydrogen (secondary N) is 2.